The largest absolute Gasteiger partial charge is 0.493 e. The Kier molecular flexibility index (Phi) is 2.77. The van der Waals surface area contributed by atoms with E-state index in [2.05, 4.69) is 0 Å². The number of nitrogens with zero attached hydrogens (tertiary/aromatic N) is 3. The van der Waals surface area contributed by atoms with Gasteiger partial charge in [0.2, 0.25) is 5.88 Å². The summed E-state index contributed by atoms with van der Waals surface area (Å²) >= 11 is 0. The predicted octanol–water partition coefficient (Wildman–Crippen LogP) is 2.35. The van der Waals surface area contributed by atoms with Crippen LogP contribution in [0, 0.1) is 10.1 Å². The van der Waals surface area contributed by atoms with E-state index in [0.29, 0.717) is 35.1 Å². The SMILES string of the molecule is O=c1n2c(c(O)n1-c1ccc([N+](=O)[O-])c3ccccc13)CCC2. The molecule has 0 atom stereocenters. The molecule has 1 aliphatic heterocycles. The van der Waals surface area contributed by atoms with Crippen LogP contribution in [-0.4, -0.2) is 19.2 Å². The molecule has 0 aliphatic carbocycles. The number of imidazole rings is 1. The van der Waals surface area contributed by atoms with Crippen LogP contribution in [0.1, 0.15) is 12.1 Å². The average Bonchev–Trinajstić information content (AvgIpc) is 3.11. The molecule has 0 fully saturated rings. The van der Waals surface area contributed by atoms with E-state index in [0.717, 1.165) is 6.42 Å². The van der Waals surface area contributed by atoms with Crippen LogP contribution in [0.4, 0.5) is 5.69 Å². The van der Waals surface area contributed by atoms with Gasteiger partial charge in [-0.15, -0.1) is 0 Å². The maximum absolute atomic E-state index is 12.6. The van der Waals surface area contributed by atoms with E-state index in [-0.39, 0.29) is 17.3 Å². The van der Waals surface area contributed by atoms with E-state index in [1.165, 1.54) is 16.7 Å². The number of nitro groups is 1. The summed E-state index contributed by atoms with van der Waals surface area (Å²) in [6.07, 6.45) is 1.49. The van der Waals surface area contributed by atoms with Gasteiger partial charge in [0.25, 0.3) is 5.69 Å². The fraction of sp³-hybridized carbons (Fsp3) is 0.188. The quantitative estimate of drug-likeness (QED) is 0.581. The van der Waals surface area contributed by atoms with Crippen molar-refractivity contribution in [3.63, 3.8) is 0 Å². The van der Waals surface area contributed by atoms with Crippen LogP contribution in [0.5, 0.6) is 5.88 Å². The molecule has 116 valence electrons. The molecule has 2 heterocycles. The highest BCUT2D eigenvalue weighted by molar-refractivity contribution is 5.96. The third-order valence-electron chi connectivity index (χ3n) is 4.33. The van der Waals surface area contributed by atoms with Gasteiger partial charge in [-0.05, 0) is 25.0 Å². The molecule has 0 saturated heterocycles. The maximum atomic E-state index is 12.6. The Morgan fingerprint density at radius 3 is 2.57 bits per heavy atom. The molecule has 7 nitrogen and oxygen atoms in total. The third kappa shape index (κ3) is 1.79. The summed E-state index contributed by atoms with van der Waals surface area (Å²) in [5.74, 6) is -0.0773. The third-order valence-corrected chi connectivity index (χ3v) is 4.33. The van der Waals surface area contributed by atoms with Crippen molar-refractivity contribution in [3.05, 3.63) is 62.7 Å². The van der Waals surface area contributed by atoms with Gasteiger partial charge < -0.3 is 5.11 Å². The first-order valence-corrected chi connectivity index (χ1v) is 7.29. The molecule has 0 saturated carbocycles. The second kappa shape index (κ2) is 4.70. The predicted molar refractivity (Wildman–Crippen MR) is 84.2 cm³/mol. The molecule has 3 aromatic rings. The molecule has 0 spiro atoms. The normalized spacial score (nSPS) is 13.4. The smallest absolute Gasteiger partial charge is 0.335 e. The summed E-state index contributed by atoms with van der Waals surface area (Å²) in [6, 6.07) is 9.70. The van der Waals surface area contributed by atoms with Gasteiger partial charge in [-0.2, -0.15) is 0 Å². The van der Waals surface area contributed by atoms with Crippen LogP contribution in [0.2, 0.25) is 0 Å². The highest BCUT2D eigenvalue weighted by atomic mass is 16.6. The van der Waals surface area contributed by atoms with E-state index in [4.69, 9.17) is 0 Å². The number of non-ortho nitro benzene ring substituents is 1. The van der Waals surface area contributed by atoms with E-state index in [1.807, 2.05) is 0 Å². The number of rotatable bonds is 2. The van der Waals surface area contributed by atoms with Crippen LogP contribution < -0.4 is 5.69 Å². The highest BCUT2D eigenvalue weighted by Gasteiger charge is 2.25. The standard InChI is InChI=1S/C16H13N3O4/c20-15-14-6-3-9-17(14)16(21)18(15)12-7-8-13(19(22)23)11-5-2-1-4-10(11)12/h1-2,4-5,7-8,20H,3,6,9H2. The van der Waals surface area contributed by atoms with Crippen LogP contribution in [0.15, 0.2) is 41.2 Å². The van der Waals surface area contributed by atoms with Gasteiger partial charge in [0.15, 0.2) is 0 Å². The van der Waals surface area contributed by atoms with Crippen molar-refractivity contribution in [2.24, 2.45) is 0 Å². The fourth-order valence-corrected chi connectivity index (χ4v) is 3.30. The van der Waals surface area contributed by atoms with Crippen molar-refractivity contribution in [2.75, 3.05) is 0 Å². The highest BCUT2D eigenvalue weighted by Crippen LogP contribution is 2.33. The second-order valence-electron chi connectivity index (χ2n) is 5.55. The number of benzene rings is 2. The number of aromatic nitrogens is 2. The van der Waals surface area contributed by atoms with Crippen LogP contribution in [0.3, 0.4) is 0 Å². The summed E-state index contributed by atoms with van der Waals surface area (Å²) in [5, 5.41) is 22.6. The summed E-state index contributed by atoms with van der Waals surface area (Å²) in [4.78, 5) is 23.3. The molecular weight excluding hydrogens is 298 g/mol. The average molecular weight is 311 g/mol. The van der Waals surface area contributed by atoms with E-state index in [1.54, 1.807) is 28.8 Å². The number of hydrogen-bond acceptors (Lipinski definition) is 4. The Bertz CT molecular complexity index is 1020. The first-order chi connectivity index (χ1) is 11.1. The van der Waals surface area contributed by atoms with Crippen molar-refractivity contribution in [3.8, 4) is 11.6 Å². The number of aromatic hydroxyl groups is 1. The molecule has 0 unspecified atom stereocenters. The summed E-state index contributed by atoms with van der Waals surface area (Å²) < 4.78 is 2.80. The van der Waals surface area contributed by atoms with Crippen molar-refractivity contribution < 1.29 is 10.0 Å². The Morgan fingerprint density at radius 1 is 1.13 bits per heavy atom. The van der Waals surface area contributed by atoms with E-state index >= 15 is 0 Å². The van der Waals surface area contributed by atoms with Crippen molar-refractivity contribution >= 4 is 16.5 Å². The zero-order valence-electron chi connectivity index (χ0n) is 12.1. The Balaban J connectivity index is 2.08. The summed E-state index contributed by atoms with van der Waals surface area (Å²) in [5.41, 5.74) is 0.741. The minimum atomic E-state index is -0.450. The topological polar surface area (TPSA) is 90.3 Å². The molecule has 7 heteroatoms. The van der Waals surface area contributed by atoms with Crippen LogP contribution in [0.25, 0.3) is 16.5 Å². The lowest BCUT2D eigenvalue weighted by Crippen LogP contribution is -2.22. The monoisotopic (exact) mass is 311 g/mol. The molecule has 2 aromatic carbocycles. The minimum absolute atomic E-state index is 0.0244. The zero-order chi connectivity index (χ0) is 16.1. The molecule has 0 bridgehead atoms. The molecule has 0 radical (unpaired) electrons. The molecular formula is C16H13N3O4. The van der Waals surface area contributed by atoms with Crippen LogP contribution >= 0.6 is 0 Å². The zero-order valence-corrected chi connectivity index (χ0v) is 12.1. The van der Waals surface area contributed by atoms with E-state index in [9.17, 15) is 20.0 Å². The Morgan fingerprint density at radius 2 is 1.87 bits per heavy atom. The Hall–Kier alpha value is -3.09. The van der Waals surface area contributed by atoms with Gasteiger partial charge in [-0.1, -0.05) is 18.2 Å². The van der Waals surface area contributed by atoms with Crippen LogP contribution in [-0.2, 0) is 13.0 Å². The van der Waals surface area contributed by atoms with Crippen molar-refractivity contribution in [1.82, 2.24) is 9.13 Å². The molecule has 1 N–H and O–H groups in total. The number of hydrogen-bond donors (Lipinski definition) is 1. The first-order valence-electron chi connectivity index (χ1n) is 7.29. The van der Waals surface area contributed by atoms with Gasteiger partial charge >= 0.3 is 5.69 Å². The van der Waals surface area contributed by atoms with E-state index < -0.39 is 4.92 Å². The molecule has 4 rings (SSSR count). The molecule has 23 heavy (non-hydrogen) atoms. The van der Waals surface area contributed by atoms with Gasteiger partial charge in [-0.25, -0.2) is 9.36 Å². The Labute approximate surface area is 130 Å². The molecule has 1 aliphatic rings. The minimum Gasteiger partial charge on any atom is -0.493 e. The van der Waals surface area contributed by atoms with Gasteiger partial charge in [-0.3, -0.25) is 14.7 Å². The lowest BCUT2D eigenvalue weighted by molar-refractivity contribution is -0.383. The van der Waals surface area contributed by atoms with Gasteiger partial charge in [0, 0.05) is 18.0 Å². The lowest BCUT2D eigenvalue weighted by atomic mass is 10.1. The summed E-state index contributed by atoms with van der Waals surface area (Å²) in [6.45, 7) is 0.583. The number of nitro benzene ring substituents is 1. The maximum Gasteiger partial charge on any atom is 0.335 e. The van der Waals surface area contributed by atoms with Crippen molar-refractivity contribution in [1.29, 1.82) is 0 Å². The molecule has 0 amide bonds. The lowest BCUT2D eigenvalue weighted by Gasteiger charge is -2.09. The van der Waals surface area contributed by atoms with Crippen molar-refractivity contribution in [2.45, 2.75) is 19.4 Å². The number of fused-ring (bicyclic) bond motifs is 2. The molecule has 1 aromatic heterocycles. The first kappa shape index (κ1) is 13.6. The summed E-state index contributed by atoms with van der Waals surface area (Å²) in [7, 11) is 0. The second-order valence-corrected chi connectivity index (χ2v) is 5.55. The van der Waals surface area contributed by atoms with Gasteiger partial charge in [0.05, 0.1) is 21.7 Å². The fourth-order valence-electron chi connectivity index (χ4n) is 3.30. The van der Waals surface area contributed by atoms with Gasteiger partial charge in [0.1, 0.15) is 0 Å².